The van der Waals surface area contributed by atoms with Gasteiger partial charge in [-0.15, -0.1) is 0 Å². The molecule has 2 atom stereocenters. The van der Waals surface area contributed by atoms with Gasteiger partial charge in [-0.05, 0) is 26.2 Å². The van der Waals surface area contributed by atoms with Gasteiger partial charge in [-0.2, -0.15) is 0 Å². The fourth-order valence-electron chi connectivity index (χ4n) is 1.52. The van der Waals surface area contributed by atoms with Gasteiger partial charge in [-0.3, -0.25) is 0 Å². The van der Waals surface area contributed by atoms with E-state index in [0.717, 1.165) is 32.1 Å². The molecule has 0 amide bonds. The second-order valence-corrected chi connectivity index (χ2v) is 3.99. The predicted octanol–water partition coefficient (Wildman–Crippen LogP) is 3.13. The van der Waals surface area contributed by atoms with Crippen LogP contribution in [0.1, 0.15) is 59.8 Å². The van der Waals surface area contributed by atoms with Crippen molar-refractivity contribution in [3.05, 3.63) is 0 Å². The van der Waals surface area contributed by atoms with Gasteiger partial charge >= 0.3 is 0 Å². The van der Waals surface area contributed by atoms with Crippen LogP contribution < -0.4 is 0 Å². The molecule has 2 nitrogen and oxygen atoms in total. The first kappa shape index (κ1) is 13.9. The van der Waals surface area contributed by atoms with Gasteiger partial charge in [0.2, 0.25) is 0 Å². The molecule has 0 aromatic rings. The third-order valence-electron chi connectivity index (χ3n) is 2.71. The van der Waals surface area contributed by atoms with Crippen LogP contribution in [0.2, 0.25) is 0 Å². The Morgan fingerprint density at radius 2 is 1.71 bits per heavy atom. The lowest BCUT2D eigenvalue weighted by Gasteiger charge is -2.24. The molecule has 0 heterocycles. The maximum atomic E-state index is 9.76. The van der Waals surface area contributed by atoms with E-state index < -0.39 is 0 Å². The second kappa shape index (κ2) is 8.25. The van der Waals surface area contributed by atoms with Crippen LogP contribution in [-0.4, -0.2) is 23.4 Å². The molecule has 0 radical (unpaired) electrons. The first-order valence-corrected chi connectivity index (χ1v) is 5.99. The topological polar surface area (TPSA) is 29.5 Å². The molecule has 86 valence electrons. The molecule has 0 aliphatic heterocycles. The Hall–Kier alpha value is -0.0800. The van der Waals surface area contributed by atoms with E-state index in [-0.39, 0.29) is 12.2 Å². The van der Waals surface area contributed by atoms with Crippen LogP contribution in [0.5, 0.6) is 0 Å². The van der Waals surface area contributed by atoms with Crippen LogP contribution in [0.3, 0.4) is 0 Å². The van der Waals surface area contributed by atoms with Gasteiger partial charge in [0.05, 0.1) is 18.3 Å². The average molecular weight is 202 g/mol. The summed E-state index contributed by atoms with van der Waals surface area (Å²) in [5.41, 5.74) is 0. The Morgan fingerprint density at radius 1 is 1.14 bits per heavy atom. The molecule has 0 rings (SSSR count). The van der Waals surface area contributed by atoms with E-state index >= 15 is 0 Å². The minimum Gasteiger partial charge on any atom is -0.390 e. The minimum absolute atomic E-state index is 0.0218. The van der Waals surface area contributed by atoms with Crippen LogP contribution in [0.4, 0.5) is 0 Å². The molecule has 0 aliphatic carbocycles. The summed E-state index contributed by atoms with van der Waals surface area (Å²) in [6, 6.07) is 0. The standard InChI is InChI=1S/C12H26O2/c1-5-8-9-12(13)10(4)14-11(6-2)7-3/h10-13H,5-9H2,1-4H3/t10-,12-/m0/s1. The van der Waals surface area contributed by atoms with Crippen molar-refractivity contribution in [1.29, 1.82) is 0 Å². The fourth-order valence-corrected chi connectivity index (χ4v) is 1.52. The number of hydrogen-bond acceptors (Lipinski definition) is 2. The third-order valence-corrected chi connectivity index (χ3v) is 2.71. The van der Waals surface area contributed by atoms with Crippen LogP contribution in [0.15, 0.2) is 0 Å². The quantitative estimate of drug-likeness (QED) is 0.655. The predicted molar refractivity (Wildman–Crippen MR) is 60.4 cm³/mol. The highest BCUT2D eigenvalue weighted by Gasteiger charge is 2.17. The van der Waals surface area contributed by atoms with Gasteiger partial charge in [-0.1, -0.05) is 33.6 Å². The first-order valence-electron chi connectivity index (χ1n) is 5.99. The summed E-state index contributed by atoms with van der Waals surface area (Å²) >= 11 is 0. The summed E-state index contributed by atoms with van der Waals surface area (Å²) < 4.78 is 5.76. The van der Waals surface area contributed by atoms with Gasteiger partial charge in [0, 0.05) is 0 Å². The molecular formula is C12H26O2. The SMILES string of the molecule is CCCC[C@H](O)[C@H](C)OC(CC)CC. The van der Waals surface area contributed by atoms with E-state index in [1.54, 1.807) is 0 Å². The van der Waals surface area contributed by atoms with Crippen molar-refractivity contribution in [3.8, 4) is 0 Å². The molecule has 0 saturated heterocycles. The summed E-state index contributed by atoms with van der Waals surface area (Å²) in [5, 5.41) is 9.76. The van der Waals surface area contributed by atoms with Gasteiger partial charge in [0.15, 0.2) is 0 Å². The molecule has 0 fully saturated rings. The number of aliphatic hydroxyl groups excluding tert-OH is 1. The Morgan fingerprint density at radius 3 is 2.14 bits per heavy atom. The van der Waals surface area contributed by atoms with E-state index in [0.29, 0.717) is 6.10 Å². The second-order valence-electron chi connectivity index (χ2n) is 3.99. The van der Waals surface area contributed by atoms with Crippen molar-refractivity contribution >= 4 is 0 Å². The van der Waals surface area contributed by atoms with Gasteiger partial charge < -0.3 is 9.84 Å². The zero-order valence-corrected chi connectivity index (χ0v) is 10.1. The lowest BCUT2D eigenvalue weighted by atomic mass is 10.1. The number of ether oxygens (including phenoxy) is 1. The molecule has 0 bridgehead atoms. The number of aliphatic hydroxyl groups is 1. The molecule has 0 saturated carbocycles. The van der Waals surface area contributed by atoms with E-state index in [9.17, 15) is 5.11 Å². The van der Waals surface area contributed by atoms with Gasteiger partial charge in [0.25, 0.3) is 0 Å². The number of rotatable bonds is 8. The van der Waals surface area contributed by atoms with Crippen LogP contribution in [0, 0.1) is 0 Å². The van der Waals surface area contributed by atoms with Crippen molar-refractivity contribution in [1.82, 2.24) is 0 Å². The Labute approximate surface area is 88.7 Å². The lowest BCUT2D eigenvalue weighted by Crippen LogP contribution is -2.30. The molecule has 2 heteroatoms. The monoisotopic (exact) mass is 202 g/mol. The highest BCUT2D eigenvalue weighted by atomic mass is 16.5. The summed E-state index contributed by atoms with van der Waals surface area (Å²) in [5.74, 6) is 0. The molecule has 0 aromatic carbocycles. The van der Waals surface area contributed by atoms with Gasteiger partial charge in [-0.25, -0.2) is 0 Å². The highest BCUT2D eigenvalue weighted by Crippen LogP contribution is 2.12. The van der Waals surface area contributed by atoms with Crippen LogP contribution in [0.25, 0.3) is 0 Å². The van der Waals surface area contributed by atoms with Crippen molar-refractivity contribution < 1.29 is 9.84 Å². The molecule has 1 N–H and O–H groups in total. The third kappa shape index (κ3) is 5.61. The smallest absolute Gasteiger partial charge is 0.0809 e. The fraction of sp³-hybridized carbons (Fsp3) is 1.00. The van der Waals surface area contributed by atoms with E-state index in [1.165, 1.54) is 0 Å². The summed E-state index contributed by atoms with van der Waals surface area (Å²) in [6.45, 7) is 8.36. The van der Waals surface area contributed by atoms with Crippen molar-refractivity contribution in [2.24, 2.45) is 0 Å². The maximum absolute atomic E-state index is 9.76. The van der Waals surface area contributed by atoms with Crippen molar-refractivity contribution in [2.75, 3.05) is 0 Å². The lowest BCUT2D eigenvalue weighted by molar-refractivity contribution is -0.0719. The highest BCUT2D eigenvalue weighted by molar-refractivity contribution is 4.66. The molecule has 0 aromatic heterocycles. The summed E-state index contributed by atoms with van der Waals surface area (Å²) in [4.78, 5) is 0. The largest absolute Gasteiger partial charge is 0.390 e. The minimum atomic E-state index is -0.296. The summed E-state index contributed by atoms with van der Waals surface area (Å²) in [7, 11) is 0. The molecule has 14 heavy (non-hydrogen) atoms. The first-order chi connectivity index (χ1) is 6.65. The van der Waals surface area contributed by atoms with Crippen LogP contribution in [-0.2, 0) is 4.74 Å². The van der Waals surface area contributed by atoms with Crippen molar-refractivity contribution in [3.63, 3.8) is 0 Å². The Kier molecular flexibility index (Phi) is 8.20. The average Bonchev–Trinajstić information content (AvgIpc) is 2.21. The molecule has 0 aliphatic rings. The van der Waals surface area contributed by atoms with Gasteiger partial charge in [0.1, 0.15) is 0 Å². The molecular weight excluding hydrogens is 176 g/mol. The molecule has 0 unspecified atom stereocenters. The van der Waals surface area contributed by atoms with E-state index in [1.807, 2.05) is 6.92 Å². The zero-order chi connectivity index (χ0) is 11.0. The van der Waals surface area contributed by atoms with Crippen molar-refractivity contribution in [2.45, 2.75) is 78.1 Å². The zero-order valence-electron chi connectivity index (χ0n) is 10.1. The number of hydrogen-bond donors (Lipinski definition) is 1. The number of unbranched alkanes of at least 4 members (excludes halogenated alkanes) is 1. The molecule has 0 spiro atoms. The summed E-state index contributed by atoms with van der Waals surface area (Å²) in [6.07, 6.45) is 5.12. The van der Waals surface area contributed by atoms with Crippen LogP contribution >= 0.6 is 0 Å². The van der Waals surface area contributed by atoms with E-state index in [2.05, 4.69) is 20.8 Å². The normalized spacial score (nSPS) is 15.9. The maximum Gasteiger partial charge on any atom is 0.0809 e. The Bertz CT molecular complexity index is 121. The Balaban J connectivity index is 3.74. The van der Waals surface area contributed by atoms with E-state index in [4.69, 9.17) is 4.74 Å².